The number of hydrogen-bond donors (Lipinski definition) is 2. The summed E-state index contributed by atoms with van der Waals surface area (Å²) in [4.78, 5) is 15.3. The molecule has 1 fully saturated rings. The Morgan fingerprint density at radius 2 is 2.00 bits per heavy atom. The molecule has 1 aliphatic carbocycles. The molecule has 0 radical (unpaired) electrons. The summed E-state index contributed by atoms with van der Waals surface area (Å²) >= 11 is 0. The highest BCUT2D eigenvalue weighted by Crippen LogP contribution is 2.20. The second-order valence-electron chi connectivity index (χ2n) is 5.76. The Morgan fingerprint density at radius 1 is 1.20 bits per heavy atom. The second kappa shape index (κ2) is 6.12. The van der Waals surface area contributed by atoms with Crippen LogP contribution in [0.4, 0.5) is 0 Å². The largest absolute Gasteiger partial charge is 0.361 e. The smallest absolute Gasteiger partial charge is 0.220 e. The first kappa shape index (κ1) is 13.2. The molecule has 0 unspecified atom stereocenters. The van der Waals surface area contributed by atoms with Gasteiger partial charge in [-0.2, -0.15) is 0 Å². The zero-order valence-electron chi connectivity index (χ0n) is 11.8. The van der Waals surface area contributed by atoms with Gasteiger partial charge in [0.25, 0.3) is 0 Å². The number of fused-ring (bicyclic) bond motifs is 1. The normalized spacial score (nSPS) is 16.4. The zero-order valence-corrected chi connectivity index (χ0v) is 11.8. The van der Waals surface area contributed by atoms with Crippen molar-refractivity contribution < 1.29 is 4.79 Å². The van der Waals surface area contributed by atoms with E-state index in [4.69, 9.17) is 0 Å². The minimum absolute atomic E-state index is 0.196. The molecule has 2 aromatic rings. The van der Waals surface area contributed by atoms with E-state index in [1.807, 2.05) is 18.3 Å². The van der Waals surface area contributed by atoms with Gasteiger partial charge in [-0.3, -0.25) is 4.79 Å². The number of carbonyl (C=O) groups excluding carboxylic acids is 1. The molecule has 1 aromatic carbocycles. The summed E-state index contributed by atoms with van der Waals surface area (Å²) in [7, 11) is 0. The van der Waals surface area contributed by atoms with E-state index in [0.717, 1.165) is 24.8 Å². The summed E-state index contributed by atoms with van der Waals surface area (Å²) in [5.74, 6) is 0.196. The van der Waals surface area contributed by atoms with Gasteiger partial charge in [0, 0.05) is 29.6 Å². The van der Waals surface area contributed by atoms with Gasteiger partial charge in [0.15, 0.2) is 0 Å². The monoisotopic (exact) mass is 270 g/mol. The Morgan fingerprint density at radius 3 is 2.85 bits per heavy atom. The Balaban J connectivity index is 1.54. The summed E-state index contributed by atoms with van der Waals surface area (Å²) in [6, 6.07) is 8.67. The molecule has 0 aliphatic heterocycles. The number of aromatic nitrogens is 1. The Bertz CT molecular complexity index is 581. The van der Waals surface area contributed by atoms with E-state index in [-0.39, 0.29) is 5.91 Å². The maximum absolute atomic E-state index is 12.0. The highest BCUT2D eigenvalue weighted by molar-refractivity contribution is 5.84. The van der Waals surface area contributed by atoms with Crippen molar-refractivity contribution in [1.29, 1.82) is 0 Å². The summed E-state index contributed by atoms with van der Waals surface area (Å²) in [5, 5.41) is 4.41. The number of rotatable bonds is 4. The highest BCUT2D eigenvalue weighted by atomic mass is 16.1. The molecule has 0 spiro atoms. The molecule has 106 valence electrons. The van der Waals surface area contributed by atoms with E-state index in [1.165, 1.54) is 30.2 Å². The molecule has 0 saturated heterocycles. The first-order valence-corrected chi connectivity index (χ1v) is 7.67. The molecule has 1 aliphatic rings. The van der Waals surface area contributed by atoms with Crippen LogP contribution < -0.4 is 5.32 Å². The lowest BCUT2D eigenvalue weighted by molar-refractivity contribution is -0.121. The Labute approximate surface area is 119 Å². The maximum Gasteiger partial charge on any atom is 0.220 e. The van der Waals surface area contributed by atoms with Gasteiger partial charge in [0.1, 0.15) is 0 Å². The van der Waals surface area contributed by atoms with Crippen molar-refractivity contribution in [2.24, 2.45) is 0 Å². The van der Waals surface area contributed by atoms with Crippen LogP contribution in [0.5, 0.6) is 0 Å². The maximum atomic E-state index is 12.0. The van der Waals surface area contributed by atoms with E-state index < -0.39 is 0 Å². The third-order valence-electron chi connectivity index (χ3n) is 4.27. The van der Waals surface area contributed by atoms with Gasteiger partial charge < -0.3 is 10.3 Å². The molecule has 3 rings (SSSR count). The van der Waals surface area contributed by atoms with Gasteiger partial charge in [-0.15, -0.1) is 0 Å². The van der Waals surface area contributed by atoms with Crippen molar-refractivity contribution in [2.45, 2.75) is 51.0 Å². The van der Waals surface area contributed by atoms with E-state index >= 15 is 0 Å². The first-order chi connectivity index (χ1) is 9.83. The average Bonchev–Trinajstić information content (AvgIpc) is 2.89. The van der Waals surface area contributed by atoms with Crippen molar-refractivity contribution in [2.75, 3.05) is 0 Å². The number of carbonyl (C=O) groups is 1. The number of para-hydroxylation sites is 1. The van der Waals surface area contributed by atoms with Crippen molar-refractivity contribution in [3.05, 3.63) is 36.0 Å². The SMILES string of the molecule is O=C(CCc1c[nH]c2ccccc12)NC1CCCCC1. The minimum Gasteiger partial charge on any atom is -0.361 e. The number of hydrogen-bond acceptors (Lipinski definition) is 1. The molecular formula is C17H22N2O. The summed E-state index contributed by atoms with van der Waals surface area (Å²) in [6.07, 6.45) is 9.56. The van der Waals surface area contributed by atoms with Crippen LogP contribution in [0, 0.1) is 0 Å². The molecule has 1 aromatic heterocycles. The molecule has 1 heterocycles. The van der Waals surface area contributed by atoms with Crippen molar-refractivity contribution in [3.8, 4) is 0 Å². The molecule has 0 atom stereocenters. The number of nitrogens with one attached hydrogen (secondary N) is 2. The number of H-pyrrole nitrogens is 1. The number of amides is 1. The molecule has 20 heavy (non-hydrogen) atoms. The van der Waals surface area contributed by atoms with Crippen LogP contribution in [0.15, 0.2) is 30.5 Å². The van der Waals surface area contributed by atoms with E-state index in [9.17, 15) is 4.79 Å². The molecule has 0 bridgehead atoms. The summed E-state index contributed by atoms with van der Waals surface area (Å²) < 4.78 is 0. The van der Waals surface area contributed by atoms with Crippen LogP contribution in [-0.2, 0) is 11.2 Å². The number of benzene rings is 1. The predicted octanol–water partition coefficient (Wildman–Crippen LogP) is 3.55. The van der Waals surface area contributed by atoms with E-state index in [0.29, 0.717) is 12.5 Å². The highest BCUT2D eigenvalue weighted by Gasteiger charge is 2.15. The quantitative estimate of drug-likeness (QED) is 0.876. The lowest BCUT2D eigenvalue weighted by atomic mass is 9.95. The molecule has 3 heteroatoms. The fraction of sp³-hybridized carbons (Fsp3) is 0.471. The summed E-state index contributed by atoms with van der Waals surface area (Å²) in [6.45, 7) is 0. The molecule has 3 nitrogen and oxygen atoms in total. The van der Waals surface area contributed by atoms with E-state index in [1.54, 1.807) is 0 Å². The minimum atomic E-state index is 0.196. The van der Waals surface area contributed by atoms with Gasteiger partial charge >= 0.3 is 0 Å². The van der Waals surface area contributed by atoms with Crippen molar-refractivity contribution in [3.63, 3.8) is 0 Å². The van der Waals surface area contributed by atoms with Gasteiger partial charge in [-0.25, -0.2) is 0 Å². The third-order valence-corrected chi connectivity index (χ3v) is 4.27. The third kappa shape index (κ3) is 3.03. The van der Waals surface area contributed by atoms with Crippen LogP contribution in [0.2, 0.25) is 0 Å². The lowest BCUT2D eigenvalue weighted by Crippen LogP contribution is -2.36. The van der Waals surface area contributed by atoms with Gasteiger partial charge in [-0.1, -0.05) is 37.5 Å². The molecular weight excluding hydrogens is 248 g/mol. The molecule has 2 N–H and O–H groups in total. The fourth-order valence-corrected chi connectivity index (χ4v) is 3.13. The van der Waals surface area contributed by atoms with Crippen LogP contribution in [0.25, 0.3) is 10.9 Å². The van der Waals surface area contributed by atoms with Crippen LogP contribution >= 0.6 is 0 Å². The summed E-state index contributed by atoms with van der Waals surface area (Å²) in [5.41, 5.74) is 2.38. The van der Waals surface area contributed by atoms with Crippen LogP contribution in [0.3, 0.4) is 0 Å². The number of aromatic amines is 1. The molecule has 1 amide bonds. The topological polar surface area (TPSA) is 44.9 Å². The van der Waals surface area contributed by atoms with Gasteiger partial charge in [-0.05, 0) is 30.9 Å². The Kier molecular flexibility index (Phi) is 4.05. The van der Waals surface area contributed by atoms with Crippen molar-refractivity contribution >= 4 is 16.8 Å². The van der Waals surface area contributed by atoms with Crippen LogP contribution in [0.1, 0.15) is 44.1 Å². The number of aryl methyl sites for hydroxylation is 1. The Hall–Kier alpha value is -1.77. The van der Waals surface area contributed by atoms with E-state index in [2.05, 4.69) is 22.4 Å². The average molecular weight is 270 g/mol. The van der Waals surface area contributed by atoms with Crippen molar-refractivity contribution in [1.82, 2.24) is 10.3 Å². The lowest BCUT2D eigenvalue weighted by Gasteiger charge is -2.22. The standard InChI is InChI=1S/C17H22N2O/c20-17(19-14-6-2-1-3-7-14)11-10-13-12-18-16-9-5-4-8-15(13)16/h4-5,8-9,12,14,18H,1-3,6-7,10-11H2,(H,19,20). The first-order valence-electron chi connectivity index (χ1n) is 7.67. The van der Waals surface area contributed by atoms with Crippen LogP contribution in [-0.4, -0.2) is 16.9 Å². The molecule has 1 saturated carbocycles. The zero-order chi connectivity index (χ0) is 13.8. The predicted molar refractivity (Wildman–Crippen MR) is 81.6 cm³/mol. The second-order valence-corrected chi connectivity index (χ2v) is 5.76. The van der Waals surface area contributed by atoms with Gasteiger partial charge in [0.05, 0.1) is 0 Å². The fourth-order valence-electron chi connectivity index (χ4n) is 3.13. The van der Waals surface area contributed by atoms with Gasteiger partial charge in [0.2, 0.25) is 5.91 Å².